The second-order valence-electron chi connectivity index (χ2n) is 13.7. The molecule has 3 fully saturated rings. The van der Waals surface area contributed by atoms with E-state index < -0.39 is 11.7 Å². The molecule has 0 saturated carbocycles. The van der Waals surface area contributed by atoms with Gasteiger partial charge in [-0.25, -0.2) is 0 Å². The number of ether oxygens (including phenoxy) is 1. The zero-order valence-electron chi connectivity index (χ0n) is 28.2. The zero-order chi connectivity index (χ0) is 34.5. The largest absolute Gasteiger partial charge is 0.463 e. The number of carbonyl (C=O) groups is 1. The molecule has 1 amide bonds. The number of hydrogen-bond donors (Lipinski definition) is 0. The van der Waals surface area contributed by atoms with Gasteiger partial charge in [-0.05, 0) is 90.3 Å². The van der Waals surface area contributed by atoms with E-state index in [9.17, 15) is 23.2 Å². The van der Waals surface area contributed by atoms with Crippen molar-refractivity contribution in [2.45, 2.75) is 82.6 Å². The molecule has 3 saturated heterocycles. The molecule has 0 radical (unpaired) electrons. The number of fused-ring (bicyclic) bond motifs is 1. The van der Waals surface area contributed by atoms with Gasteiger partial charge in [-0.1, -0.05) is 17.7 Å². The molecule has 0 bridgehead atoms. The highest BCUT2D eigenvalue weighted by molar-refractivity contribution is 6.31. The van der Waals surface area contributed by atoms with Crippen molar-refractivity contribution in [3.05, 3.63) is 40.0 Å². The molecule has 1 aromatic carbocycles. The number of halogens is 4. The first-order chi connectivity index (χ1) is 23.6. The summed E-state index contributed by atoms with van der Waals surface area (Å²) in [6, 6.07) is 6.83. The van der Waals surface area contributed by atoms with Gasteiger partial charge in [0.25, 0.3) is 0 Å². The monoisotopic (exact) mass is 702 g/mol. The van der Waals surface area contributed by atoms with E-state index in [0.29, 0.717) is 63.2 Å². The number of nitrogens with zero attached hydrogens (tertiary/aromatic N) is 8. The Labute approximate surface area is 291 Å². The lowest BCUT2D eigenvalue weighted by Gasteiger charge is -2.42. The van der Waals surface area contributed by atoms with Crippen LogP contribution in [-0.2, 0) is 23.9 Å². The van der Waals surface area contributed by atoms with E-state index in [1.165, 1.54) is 31.0 Å². The normalized spacial score (nSPS) is 22.0. The maximum atomic E-state index is 14.1. The minimum absolute atomic E-state index is 0.0171. The highest BCUT2D eigenvalue weighted by atomic mass is 35.5. The van der Waals surface area contributed by atoms with Crippen molar-refractivity contribution >= 4 is 29.0 Å². The molecule has 266 valence electrons. The van der Waals surface area contributed by atoms with Crippen LogP contribution in [0.5, 0.6) is 6.01 Å². The maximum absolute atomic E-state index is 14.1. The van der Waals surface area contributed by atoms with E-state index in [2.05, 4.69) is 27.8 Å². The Balaban J connectivity index is 1.23. The zero-order valence-corrected chi connectivity index (χ0v) is 29.0. The number of rotatable bonds is 11. The Morgan fingerprint density at radius 1 is 1.06 bits per heavy atom. The quantitative estimate of drug-likeness (QED) is 0.306. The van der Waals surface area contributed by atoms with Gasteiger partial charge in [-0.2, -0.15) is 28.4 Å². The Morgan fingerprint density at radius 2 is 1.88 bits per heavy atom. The molecule has 6 rings (SSSR count). The van der Waals surface area contributed by atoms with Gasteiger partial charge in [0, 0.05) is 44.2 Å². The molecule has 5 heterocycles. The summed E-state index contributed by atoms with van der Waals surface area (Å²) in [5.41, 5.74) is 0.626. The molecule has 2 atom stereocenters. The smallest absolute Gasteiger partial charge is 0.419 e. The van der Waals surface area contributed by atoms with E-state index in [0.717, 1.165) is 57.4 Å². The van der Waals surface area contributed by atoms with Gasteiger partial charge in [0.15, 0.2) is 0 Å². The van der Waals surface area contributed by atoms with Gasteiger partial charge in [0.05, 0.1) is 53.7 Å². The lowest BCUT2D eigenvalue weighted by molar-refractivity contribution is -0.137. The van der Waals surface area contributed by atoms with Gasteiger partial charge in [-0.3, -0.25) is 4.79 Å². The molecular weight excluding hydrogens is 657 g/mol. The third kappa shape index (κ3) is 8.35. The number of benzene rings is 1. The number of anilines is 2. The second-order valence-corrected chi connectivity index (χ2v) is 14.1. The fraction of sp³-hybridized carbons (Fsp3) is 0.657. The number of hydrogen-bond acceptors (Lipinski definition) is 9. The number of likely N-dealkylation sites (tertiary alicyclic amines) is 2. The fourth-order valence-electron chi connectivity index (χ4n) is 7.87. The maximum Gasteiger partial charge on any atom is 0.419 e. The average molecular weight is 703 g/mol. The van der Waals surface area contributed by atoms with Crippen LogP contribution in [0.4, 0.5) is 24.7 Å². The van der Waals surface area contributed by atoms with Crippen molar-refractivity contribution < 1.29 is 22.7 Å². The second kappa shape index (κ2) is 15.7. The standard InChI is InChI=1S/C35H46ClF3N8O2/c1-43-15-5-7-25(43)13-22-49-34-41-29-24-45(30-9-4-8-28(36)32(30)35(37,38)39)19-12-27(29)33(42-34)46-20-21-47(26(23-46)11-14-40)31(48)10-6-18-44-16-2-3-17-44/h4,8-9,25-26H,2-3,5-7,10-13,15-24H2,1H3/t25-,26-/m0/s1. The topological polar surface area (TPSA) is 92.1 Å². The minimum atomic E-state index is -4.62. The van der Waals surface area contributed by atoms with Gasteiger partial charge >= 0.3 is 12.2 Å². The van der Waals surface area contributed by atoms with Crippen LogP contribution in [0, 0.1) is 11.3 Å². The number of amides is 1. The third-order valence-electron chi connectivity index (χ3n) is 10.5. The first-order valence-electron chi connectivity index (χ1n) is 17.6. The fourth-order valence-corrected chi connectivity index (χ4v) is 8.14. The van der Waals surface area contributed by atoms with Crippen LogP contribution in [0.2, 0.25) is 5.02 Å². The molecule has 0 unspecified atom stereocenters. The SMILES string of the molecule is CN1CCC[C@H]1CCOc1nc2c(c(N3CCN(C(=O)CCCN4CCCC4)[C@@H](CC#N)C3)n1)CCN(c1cccc(Cl)c1C(F)(F)F)C2. The summed E-state index contributed by atoms with van der Waals surface area (Å²) in [6.07, 6.45) is 2.75. The van der Waals surface area contributed by atoms with Crippen LogP contribution in [0.15, 0.2) is 18.2 Å². The Hall–Kier alpha value is -3.34. The lowest BCUT2D eigenvalue weighted by atomic mass is 10.0. The Morgan fingerprint density at radius 3 is 2.61 bits per heavy atom. The third-order valence-corrected chi connectivity index (χ3v) is 10.8. The van der Waals surface area contributed by atoms with Crippen molar-refractivity contribution in [2.24, 2.45) is 0 Å². The molecule has 0 N–H and O–H groups in total. The highest BCUT2D eigenvalue weighted by Crippen LogP contribution is 2.43. The van der Waals surface area contributed by atoms with Crippen LogP contribution < -0.4 is 14.5 Å². The van der Waals surface area contributed by atoms with E-state index in [4.69, 9.17) is 26.3 Å². The van der Waals surface area contributed by atoms with E-state index in [-0.39, 0.29) is 41.6 Å². The predicted molar refractivity (Wildman–Crippen MR) is 182 cm³/mol. The Kier molecular flexibility index (Phi) is 11.4. The van der Waals surface area contributed by atoms with Gasteiger partial charge in [0.2, 0.25) is 5.91 Å². The number of piperazine rings is 1. The van der Waals surface area contributed by atoms with Crippen molar-refractivity contribution in [2.75, 3.05) is 75.8 Å². The van der Waals surface area contributed by atoms with Gasteiger partial charge in [-0.15, -0.1) is 0 Å². The lowest BCUT2D eigenvalue weighted by Crippen LogP contribution is -2.55. The van der Waals surface area contributed by atoms with E-state index in [1.807, 2.05) is 4.90 Å². The number of carbonyl (C=O) groups excluding carboxylic acids is 1. The molecule has 4 aliphatic heterocycles. The van der Waals surface area contributed by atoms with Gasteiger partial charge in [0.1, 0.15) is 5.82 Å². The Bertz CT molecular complexity index is 1510. The average Bonchev–Trinajstić information content (AvgIpc) is 3.75. The van der Waals surface area contributed by atoms with Crippen LogP contribution in [0.3, 0.4) is 0 Å². The molecule has 2 aromatic rings. The summed E-state index contributed by atoms with van der Waals surface area (Å²) in [7, 11) is 2.11. The van der Waals surface area contributed by atoms with Crippen molar-refractivity contribution in [3.8, 4) is 12.1 Å². The molecular formula is C35H46ClF3N8O2. The summed E-state index contributed by atoms with van der Waals surface area (Å²) in [5, 5.41) is 9.37. The molecule has 1 aromatic heterocycles. The van der Waals surface area contributed by atoms with E-state index in [1.54, 1.807) is 4.90 Å². The van der Waals surface area contributed by atoms with Crippen LogP contribution in [0.1, 0.15) is 68.2 Å². The predicted octanol–water partition coefficient (Wildman–Crippen LogP) is 5.38. The molecule has 14 heteroatoms. The molecule has 0 spiro atoms. The minimum Gasteiger partial charge on any atom is -0.463 e. The van der Waals surface area contributed by atoms with Crippen molar-refractivity contribution in [1.82, 2.24) is 24.7 Å². The molecule has 49 heavy (non-hydrogen) atoms. The number of nitriles is 1. The van der Waals surface area contributed by atoms with Gasteiger partial charge < -0.3 is 29.2 Å². The molecule has 10 nitrogen and oxygen atoms in total. The van der Waals surface area contributed by atoms with Crippen LogP contribution >= 0.6 is 11.6 Å². The van der Waals surface area contributed by atoms with Crippen molar-refractivity contribution in [3.63, 3.8) is 0 Å². The highest BCUT2D eigenvalue weighted by Gasteiger charge is 2.39. The first-order valence-corrected chi connectivity index (χ1v) is 18.0. The number of alkyl halides is 3. The first kappa shape index (κ1) is 35.5. The summed E-state index contributed by atoms with van der Waals surface area (Å²) in [4.78, 5) is 33.4. The summed E-state index contributed by atoms with van der Waals surface area (Å²) in [5.74, 6) is 0.742. The summed E-state index contributed by atoms with van der Waals surface area (Å²) in [6.45, 7) is 6.43. The summed E-state index contributed by atoms with van der Waals surface area (Å²) < 4.78 is 48.6. The summed E-state index contributed by atoms with van der Waals surface area (Å²) >= 11 is 6.08. The number of aromatic nitrogens is 2. The molecule has 4 aliphatic rings. The van der Waals surface area contributed by atoms with Crippen LogP contribution in [-0.4, -0.2) is 109 Å². The molecule has 0 aliphatic carbocycles. The van der Waals surface area contributed by atoms with E-state index >= 15 is 0 Å². The van der Waals surface area contributed by atoms with Crippen molar-refractivity contribution in [1.29, 1.82) is 5.26 Å². The van der Waals surface area contributed by atoms with Crippen LogP contribution in [0.25, 0.3) is 0 Å².